The van der Waals surface area contributed by atoms with E-state index in [0.717, 1.165) is 32.5 Å². The van der Waals surface area contributed by atoms with Gasteiger partial charge in [0.05, 0.1) is 17.9 Å². The number of aromatic hydroxyl groups is 1. The number of nitrogens with two attached hydrogens (primary N) is 1. The molecule has 1 saturated heterocycles. The lowest BCUT2D eigenvalue weighted by Crippen LogP contribution is -2.45. The fraction of sp³-hybridized carbons (Fsp3) is 0.600. The number of ether oxygens (including phenoxy) is 1. The molecule has 2 unspecified atom stereocenters. The van der Waals surface area contributed by atoms with Crippen LogP contribution in [0.5, 0.6) is 5.75 Å². The zero-order valence-corrected chi connectivity index (χ0v) is 11.8. The second-order valence-corrected chi connectivity index (χ2v) is 5.51. The van der Waals surface area contributed by atoms with Crippen LogP contribution in [0.2, 0.25) is 0 Å². The van der Waals surface area contributed by atoms with Crippen molar-refractivity contribution >= 4 is 5.69 Å². The Kier molecular flexibility index (Phi) is 4.66. The Morgan fingerprint density at radius 2 is 2.00 bits per heavy atom. The van der Waals surface area contributed by atoms with Crippen LogP contribution in [0.25, 0.3) is 0 Å². The molecule has 3 N–H and O–H groups in total. The molecule has 1 fully saturated rings. The Balaban J connectivity index is 1.78. The second-order valence-electron chi connectivity index (χ2n) is 5.51. The van der Waals surface area contributed by atoms with E-state index in [-0.39, 0.29) is 5.75 Å². The van der Waals surface area contributed by atoms with E-state index in [0.29, 0.717) is 17.9 Å². The molecule has 0 saturated carbocycles. The molecule has 1 aliphatic heterocycles. The van der Waals surface area contributed by atoms with Gasteiger partial charge in [0.15, 0.2) is 0 Å². The van der Waals surface area contributed by atoms with Gasteiger partial charge in [0.25, 0.3) is 0 Å². The van der Waals surface area contributed by atoms with Gasteiger partial charge in [-0.3, -0.25) is 4.90 Å². The Bertz CT molecular complexity index is 413. The molecule has 0 radical (unpaired) electrons. The summed E-state index contributed by atoms with van der Waals surface area (Å²) >= 11 is 0. The summed E-state index contributed by atoms with van der Waals surface area (Å²) in [6.45, 7) is 7.37. The van der Waals surface area contributed by atoms with E-state index >= 15 is 0 Å². The highest BCUT2D eigenvalue weighted by Crippen LogP contribution is 2.21. The Labute approximate surface area is 115 Å². The molecular formula is C15H24N2O2. The van der Waals surface area contributed by atoms with Gasteiger partial charge < -0.3 is 15.6 Å². The molecule has 0 aromatic heterocycles. The van der Waals surface area contributed by atoms with Crippen molar-refractivity contribution in [3.05, 3.63) is 23.8 Å². The van der Waals surface area contributed by atoms with Gasteiger partial charge >= 0.3 is 0 Å². The first-order valence-electron chi connectivity index (χ1n) is 7.00. The van der Waals surface area contributed by atoms with Gasteiger partial charge in [0.1, 0.15) is 5.75 Å². The summed E-state index contributed by atoms with van der Waals surface area (Å²) in [6.07, 6.45) is 2.75. The van der Waals surface area contributed by atoms with Gasteiger partial charge in [-0.2, -0.15) is 0 Å². The first-order valence-corrected chi connectivity index (χ1v) is 7.00. The third-order valence-corrected chi connectivity index (χ3v) is 3.53. The summed E-state index contributed by atoms with van der Waals surface area (Å²) in [6, 6.07) is 5.47. The molecule has 0 aliphatic carbocycles. The summed E-state index contributed by atoms with van der Waals surface area (Å²) in [5.41, 5.74) is 7.34. The van der Waals surface area contributed by atoms with Gasteiger partial charge in [-0.15, -0.1) is 0 Å². The maximum absolute atomic E-state index is 9.38. The average molecular weight is 264 g/mol. The summed E-state index contributed by atoms with van der Waals surface area (Å²) in [5.74, 6) is 0.166. The van der Waals surface area contributed by atoms with Crippen LogP contribution in [-0.4, -0.2) is 41.8 Å². The van der Waals surface area contributed by atoms with Crippen molar-refractivity contribution in [3.8, 4) is 5.75 Å². The minimum absolute atomic E-state index is 0.166. The third kappa shape index (κ3) is 4.11. The van der Waals surface area contributed by atoms with E-state index in [9.17, 15) is 5.11 Å². The number of rotatable bonds is 4. The van der Waals surface area contributed by atoms with Crippen molar-refractivity contribution < 1.29 is 9.84 Å². The first kappa shape index (κ1) is 14.2. The molecule has 1 aromatic rings. The second kappa shape index (κ2) is 6.26. The van der Waals surface area contributed by atoms with Crippen LogP contribution in [0.4, 0.5) is 5.69 Å². The Morgan fingerprint density at radius 3 is 2.63 bits per heavy atom. The smallest absolute Gasteiger partial charge is 0.138 e. The molecule has 106 valence electrons. The number of nitrogen functional groups attached to an aromatic ring is 1. The minimum atomic E-state index is 0.166. The van der Waals surface area contributed by atoms with E-state index in [1.54, 1.807) is 6.07 Å². The molecule has 0 spiro atoms. The predicted octanol–water partition coefficient (Wildman–Crippen LogP) is 2.02. The van der Waals surface area contributed by atoms with E-state index in [4.69, 9.17) is 10.5 Å². The zero-order valence-electron chi connectivity index (χ0n) is 11.8. The fourth-order valence-electron chi connectivity index (χ4n) is 2.73. The monoisotopic (exact) mass is 264 g/mol. The predicted molar refractivity (Wildman–Crippen MR) is 77.3 cm³/mol. The third-order valence-electron chi connectivity index (χ3n) is 3.53. The highest BCUT2D eigenvalue weighted by atomic mass is 16.5. The van der Waals surface area contributed by atoms with Crippen molar-refractivity contribution in [1.82, 2.24) is 4.90 Å². The van der Waals surface area contributed by atoms with E-state index in [2.05, 4.69) is 18.7 Å². The van der Waals surface area contributed by atoms with Gasteiger partial charge in [0, 0.05) is 13.1 Å². The number of benzene rings is 1. The molecule has 2 rings (SSSR count). The molecule has 0 bridgehead atoms. The average Bonchev–Trinajstić information content (AvgIpc) is 2.32. The standard InChI is InChI=1S/C15H24N2O2/c1-11-9-17(10-12(2)19-11)7-3-4-13-5-6-15(18)14(16)8-13/h5-6,8,11-12,18H,3-4,7,9-10,16H2,1-2H3. The van der Waals surface area contributed by atoms with Crippen LogP contribution < -0.4 is 5.73 Å². The van der Waals surface area contributed by atoms with Crippen LogP contribution >= 0.6 is 0 Å². The van der Waals surface area contributed by atoms with Gasteiger partial charge in [-0.05, 0) is 50.9 Å². The summed E-state index contributed by atoms with van der Waals surface area (Å²) in [4.78, 5) is 2.46. The van der Waals surface area contributed by atoms with Crippen molar-refractivity contribution in [2.75, 3.05) is 25.4 Å². The maximum Gasteiger partial charge on any atom is 0.138 e. The largest absolute Gasteiger partial charge is 0.506 e. The summed E-state index contributed by atoms with van der Waals surface area (Å²) < 4.78 is 5.72. The molecule has 0 amide bonds. The van der Waals surface area contributed by atoms with Gasteiger partial charge in [-0.1, -0.05) is 6.07 Å². The van der Waals surface area contributed by atoms with Crippen LogP contribution in [0, 0.1) is 0 Å². The topological polar surface area (TPSA) is 58.7 Å². The molecule has 1 aliphatic rings. The summed E-state index contributed by atoms with van der Waals surface area (Å²) in [5, 5.41) is 9.38. The molecule has 19 heavy (non-hydrogen) atoms. The minimum Gasteiger partial charge on any atom is -0.506 e. The number of aryl methyl sites for hydroxylation is 1. The molecular weight excluding hydrogens is 240 g/mol. The number of nitrogens with zero attached hydrogens (tertiary/aromatic N) is 1. The van der Waals surface area contributed by atoms with E-state index in [1.165, 1.54) is 5.56 Å². The van der Waals surface area contributed by atoms with Crippen molar-refractivity contribution in [2.24, 2.45) is 0 Å². The van der Waals surface area contributed by atoms with Gasteiger partial charge in [-0.25, -0.2) is 0 Å². The maximum atomic E-state index is 9.38. The molecule has 4 heteroatoms. The number of phenols is 1. The number of hydrogen-bond acceptors (Lipinski definition) is 4. The van der Waals surface area contributed by atoms with Crippen LogP contribution in [-0.2, 0) is 11.2 Å². The van der Waals surface area contributed by atoms with Crippen molar-refractivity contribution in [1.29, 1.82) is 0 Å². The lowest BCUT2D eigenvalue weighted by Gasteiger charge is -2.35. The van der Waals surface area contributed by atoms with Crippen molar-refractivity contribution in [2.45, 2.75) is 38.9 Å². The highest BCUT2D eigenvalue weighted by molar-refractivity contribution is 5.53. The molecule has 1 aromatic carbocycles. The highest BCUT2D eigenvalue weighted by Gasteiger charge is 2.21. The van der Waals surface area contributed by atoms with Crippen molar-refractivity contribution in [3.63, 3.8) is 0 Å². The number of anilines is 1. The lowest BCUT2D eigenvalue weighted by atomic mass is 10.1. The van der Waals surface area contributed by atoms with Crippen LogP contribution in [0.1, 0.15) is 25.8 Å². The zero-order chi connectivity index (χ0) is 13.8. The normalized spacial score (nSPS) is 24.5. The first-order chi connectivity index (χ1) is 9.04. The quantitative estimate of drug-likeness (QED) is 0.645. The Morgan fingerprint density at radius 1 is 1.32 bits per heavy atom. The number of hydrogen-bond donors (Lipinski definition) is 2. The van der Waals surface area contributed by atoms with E-state index < -0.39 is 0 Å². The SMILES string of the molecule is CC1CN(CCCc2ccc(O)c(N)c2)CC(C)O1. The van der Waals surface area contributed by atoms with Crippen LogP contribution in [0.3, 0.4) is 0 Å². The number of phenolic OH excluding ortho intramolecular Hbond substituents is 1. The van der Waals surface area contributed by atoms with E-state index in [1.807, 2.05) is 12.1 Å². The molecule has 2 atom stereocenters. The fourth-order valence-corrected chi connectivity index (χ4v) is 2.73. The lowest BCUT2D eigenvalue weighted by molar-refractivity contribution is -0.0680. The number of morpholine rings is 1. The van der Waals surface area contributed by atoms with Gasteiger partial charge in [0.2, 0.25) is 0 Å². The van der Waals surface area contributed by atoms with Crippen LogP contribution in [0.15, 0.2) is 18.2 Å². The summed E-state index contributed by atoms with van der Waals surface area (Å²) in [7, 11) is 0. The Hall–Kier alpha value is -1.26. The molecule has 4 nitrogen and oxygen atoms in total. The molecule has 1 heterocycles.